The van der Waals surface area contributed by atoms with Gasteiger partial charge in [-0.1, -0.05) is 36.8 Å². The normalized spacial score (nSPS) is 12.6. The van der Waals surface area contributed by atoms with Gasteiger partial charge in [-0.05, 0) is 38.8 Å². The summed E-state index contributed by atoms with van der Waals surface area (Å²) in [6, 6.07) is 9.28. The zero-order chi connectivity index (χ0) is 12.5. The van der Waals surface area contributed by atoms with E-state index in [2.05, 4.69) is 43.4 Å². The van der Waals surface area contributed by atoms with Gasteiger partial charge in [-0.25, -0.2) is 0 Å². The fourth-order valence-electron chi connectivity index (χ4n) is 2.06. The molecule has 1 aromatic carbocycles. The lowest BCUT2D eigenvalue weighted by Gasteiger charge is -2.18. The minimum atomic E-state index is 0.522. The lowest BCUT2D eigenvalue weighted by molar-refractivity contribution is 0.136. The third kappa shape index (κ3) is 5.85. The van der Waals surface area contributed by atoms with Crippen LogP contribution in [0.3, 0.4) is 0 Å². The minimum absolute atomic E-state index is 0.522. The standard InChI is InChI=1S/C15H25NO/c1-4-16-15(9-10-17-5-2)12-14-8-6-7-13(3)11-14/h6-8,11,15-16H,4-5,9-10,12H2,1-3H3. The first-order valence-corrected chi connectivity index (χ1v) is 6.63. The molecule has 0 aromatic heterocycles. The highest BCUT2D eigenvalue weighted by molar-refractivity contribution is 5.22. The highest BCUT2D eigenvalue weighted by Gasteiger charge is 2.08. The summed E-state index contributed by atoms with van der Waals surface area (Å²) in [7, 11) is 0. The second-order valence-corrected chi connectivity index (χ2v) is 4.43. The SMILES string of the molecule is CCNC(CCOCC)Cc1cccc(C)c1. The molecule has 1 unspecified atom stereocenters. The van der Waals surface area contributed by atoms with Crippen LogP contribution >= 0.6 is 0 Å². The largest absolute Gasteiger partial charge is 0.382 e. The summed E-state index contributed by atoms with van der Waals surface area (Å²) in [5.41, 5.74) is 2.75. The quantitative estimate of drug-likeness (QED) is 0.700. The summed E-state index contributed by atoms with van der Waals surface area (Å²) < 4.78 is 5.43. The number of hydrogen-bond acceptors (Lipinski definition) is 2. The lowest BCUT2D eigenvalue weighted by atomic mass is 10.0. The van der Waals surface area contributed by atoms with E-state index < -0.39 is 0 Å². The van der Waals surface area contributed by atoms with Crippen molar-refractivity contribution in [1.29, 1.82) is 0 Å². The van der Waals surface area contributed by atoms with Gasteiger partial charge in [0.1, 0.15) is 0 Å². The molecule has 2 heteroatoms. The third-order valence-electron chi connectivity index (χ3n) is 2.87. The predicted molar refractivity (Wildman–Crippen MR) is 73.5 cm³/mol. The maximum absolute atomic E-state index is 5.43. The summed E-state index contributed by atoms with van der Waals surface area (Å²) in [5, 5.41) is 3.53. The van der Waals surface area contributed by atoms with Crippen LogP contribution in [-0.2, 0) is 11.2 Å². The van der Waals surface area contributed by atoms with Gasteiger partial charge in [-0.2, -0.15) is 0 Å². The molecule has 0 radical (unpaired) electrons. The van der Waals surface area contributed by atoms with Crippen LogP contribution in [0.15, 0.2) is 24.3 Å². The van der Waals surface area contributed by atoms with E-state index in [1.807, 2.05) is 6.92 Å². The maximum atomic E-state index is 5.43. The van der Waals surface area contributed by atoms with E-state index in [4.69, 9.17) is 4.74 Å². The fourth-order valence-corrected chi connectivity index (χ4v) is 2.06. The maximum Gasteiger partial charge on any atom is 0.0480 e. The third-order valence-corrected chi connectivity index (χ3v) is 2.87. The van der Waals surface area contributed by atoms with Gasteiger partial charge in [0.05, 0.1) is 0 Å². The molecule has 1 atom stereocenters. The van der Waals surface area contributed by atoms with Gasteiger partial charge in [0.15, 0.2) is 0 Å². The van der Waals surface area contributed by atoms with Gasteiger partial charge in [0.25, 0.3) is 0 Å². The Kier molecular flexibility index (Phi) is 6.90. The Hall–Kier alpha value is -0.860. The summed E-state index contributed by atoms with van der Waals surface area (Å²) >= 11 is 0. The van der Waals surface area contributed by atoms with E-state index in [0.717, 1.165) is 32.6 Å². The highest BCUT2D eigenvalue weighted by Crippen LogP contribution is 2.09. The van der Waals surface area contributed by atoms with Crippen LogP contribution in [0.2, 0.25) is 0 Å². The first kappa shape index (κ1) is 14.2. The van der Waals surface area contributed by atoms with Crippen LogP contribution in [0, 0.1) is 6.92 Å². The molecule has 0 spiro atoms. The van der Waals surface area contributed by atoms with Crippen LogP contribution in [0.4, 0.5) is 0 Å². The molecule has 1 rings (SSSR count). The average molecular weight is 235 g/mol. The topological polar surface area (TPSA) is 21.3 Å². The zero-order valence-electron chi connectivity index (χ0n) is 11.3. The molecule has 0 heterocycles. The molecular formula is C15H25NO. The van der Waals surface area contributed by atoms with Crippen molar-refractivity contribution in [2.75, 3.05) is 19.8 Å². The number of likely N-dealkylation sites (N-methyl/N-ethyl adjacent to an activating group) is 1. The molecule has 1 aromatic rings. The molecular weight excluding hydrogens is 210 g/mol. The van der Waals surface area contributed by atoms with Crippen molar-refractivity contribution < 1.29 is 4.74 Å². The van der Waals surface area contributed by atoms with Crippen molar-refractivity contribution in [1.82, 2.24) is 5.32 Å². The molecule has 0 aliphatic rings. The van der Waals surface area contributed by atoms with Gasteiger partial charge in [-0.15, -0.1) is 0 Å². The molecule has 96 valence electrons. The van der Waals surface area contributed by atoms with Gasteiger partial charge >= 0.3 is 0 Å². The average Bonchev–Trinajstić information content (AvgIpc) is 2.29. The molecule has 0 saturated carbocycles. The second-order valence-electron chi connectivity index (χ2n) is 4.43. The summed E-state index contributed by atoms with van der Waals surface area (Å²) in [6.07, 6.45) is 2.16. The number of nitrogens with one attached hydrogen (secondary N) is 1. The predicted octanol–water partition coefficient (Wildman–Crippen LogP) is 2.94. The summed E-state index contributed by atoms with van der Waals surface area (Å²) in [4.78, 5) is 0. The summed E-state index contributed by atoms with van der Waals surface area (Å²) in [5.74, 6) is 0. The molecule has 17 heavy (non-hydrogen) atoms. The number of hydrogen-bond donors (Lipinski definition) is 1. The first-order chi connectivity index (χ1) is 8.26. The van der Waals surface area contributed by atoms with Gasteiger partial charge < -0.3 is 10.1 Å². The number of ether oxygens (including phenoxy) is 1. The molecule has 0 saturated heterocycles. The van der Waals surface area contributed by atoms with E-state index in [-0.39, 0.29) is 0 Å². The Morgan fingerprint density at radius 3 is 2.76 bits per heavy atom. The minimum Gasteiger partial charge on any atom is -0.382 e. The molecule has 0 amide bonds. The van der Waals surface area contributed by atoms with Gasteiger partial charge in [-0.3, -0.25) is 0 Å². The van der Waals surface area contributed by atoms with Crippen molar-refractivity contribution in [3.05, 3.63) is 35.4 Å². The molecule has 1 N–H and O–H groups in total. The van der Waals surface area contributed by atoms with Crippen molar-refractivity contribution in [2.24, 2.45) is 0 Å². The Morgan fingerprint density at radius 2 is 2.12 bits per heavy atom. The zero-order valence-corrected chi connectivity index (χ0v) is 11.3. The first-order valence-electron chi connectivity index (χ1n) is 6.63. The van der Waals surface area contributed by atoms with E-state index in [9.17, 15) is 0 Å². The van der Waals surface area contributed by atoms with Crippen LogP contribution in [0.5, 0.6) is 0 Å². The Morgan fingerprint density at radius 1 is 1.29 bits per heavy atom. The Balaban J connectivity index is 2.47. The van der Waals surface area contributed by atoms with Crippen LogP contribution in [-0.4, -0.2) is 25.8 Å². The Bertz CT molecular complexity index is 312. The Labute approximate surface area is 105 Å². The molecule has 0 fully saturated rings. The highest BCUT2D eigenvalue weighted by atomic mass is 16.5. The van der Waals surface area contributed by atoms with Gasteiger partial charge in [0, 0.05) is 19.3 Å². The summed E-state index contributed by atoms with van der Waals surface area (Å²) in [6.45, 7) is 9.02. The van der Waals surface area contributed by atoms with Crippen LogP contribution in [0.25, 0.3) is 0 Å². The molecule has 0 bridgehead atoms. The lowest BCUT2D eigenvalue weighted by Crippen LogP contribution is -2.32. The second kappa shape index (κ2) is 8.26. The van der Waals surface area contributed by atoms with Crippen LogP contribution < -0.4 is 5.32 Å². The molecule has 0 aliphatic heterocycles. The van der Waals surface area contributed by atoms with Crippen molar-refractivity contribution in [3.63, 3.8) is 0 Å². The molecule has 0 aliphatic carbocycles. The monoisotopic (exact) mass is 235 g/mol. The van der Waals surface area contributed by atoms with E-state index in [0.29, 0.717) is 6.04 Å². The van der Waals surface area contributed by atoms with Crippen LogP contribution in [0.1, 0.15) is 31.4 Å². The smallest absolute Gasteiger partial charge is 0.0480 e. The van der Waals surface area contributed by atoms with Gasteiger partial charge in [0.2, 0.25) is 0 Å². The van der Waals surface area contributed by atoms with Crippen molar-refractivity contribution >= 4 is 0 Å². The number of benzene rings is 1. The fraction of sp³-hybridized carbons (Fsp3) is 0.600. The molecule has 2 nitrogen and oxygen atoms in total. The van der Waals surface area contributed by atoms with E-state index in [1.54, 1.807) is 0 Å². The number of aryl methyl sites for hydroxylation is 1. The van der Waals surface area contributed by atoms with Crippen molar-refractivity contribution in [2.45, 2.75) is 39.7 Å². The number of rotatable bonds is 8. The van der Waals surface area contributed by atoms with E-state index >= 15 is 0 Å². The van der Waals surface area contributed by atoms with E-state index in [1.165, 1.54) is 11.1 Å². The van der Waals surface area contributed by atoms with Crippen molar-refractivity contribution in [3.8, 4) is 0 Å².